The number of carbonyl (C=O) groups is 2. The summed E-state index contributed by atoms with van der Waals surface area (Å²) in [5.41, 5.74) is 6.16. The average molecular weight is 267 g/mol. The fourth-order valence-corrected chi connectivity index (χ4v) is 3.63. The van der Waals surface area contributed by atoms with Crippen molar-refractivity contribution in [1.82, 2.24) is 9.80 Å². The quantitative estimate of drug-likeness (QED) is 0.763. The molecule has 3 unspecified atom stereocenters. The number of likely N-dealkylation sites (tertiary alicyclic amines) is 1. The van der Waals surface area contributed by atoms with E-state index < -0.39 is 6.09 Å². The summed E-state index contributed by atoms with van der Waals surface area (Å²) in [7, 11) is 0. The van der Waals surface area contributed by atoms with Crippen molar-refractivity contribution in [2.24, 2.45) is 17.6 Å². The van der Waals surface area contributed by atoms with Crippen molar-refractivity contribution in [1.29, 1.82) is 0 Å². The van der Waals surface area contributed by atoms with Crippen LogP contribution in [0, 0.1) is 11.8 Å². The average Bonchev–Trinajstić information content (AvgIpc) is 2.95. The Kier molecular flexibility index (Phi) is 3.45. The number of nitrogens with zero attached hydrogens (tertiary/aromatic N) is 2. The molecule has 1 saturated carbocycles. The minimum Gasteiger partial charge on any atom is -0.447 e. The van der Waals surface area contributed by atoms with E-state index in [0.717, 1.165) is 19.5 Å². The van der Waals surface area contributed by atoms with E-state index in [9.17, 15) is 9.59 Å². The van der Waals surface area contributed by atoms with Crippen LogP contribution in [0.4, 0.5) is 4.79 Å². The van der Waals surface area contributed by atoms with Crippen molar-refractivity contribution in [2.45, 2.75) is 25.3 Å². The molecule has 0 aromatic heterocycles. The summed E-state index contributed by atoms with van der Waals surface area (Å²) in [6, 6.07) is 0.274. The molecule has 1 aliphatic carbocycles. The van der Waals surface area contributed by atoms with E-state index in [1.54, 1.807) is 0 Å². The lowest BCUT2D eigenvalue weighted by atomic mass is 9.78. The van der Waals surface area contributed by atoms with E-state index in [2.05, 4.69) is 4.90 Å². The third-order valence-corrected chi connectivity index (χ3v) is 4.65. The van der Waals surface area contributed by atoms with Crippen LogP contribution in [-0.2, 0) is 9.53 Å². The Morgan fingerprint density at radius 3 is 2.89 bits per heavy atom. The van der Waals surface area contributed by atoms with E-state index in [-0.39, 0.29) is 11.9 Å². The third kappa shape index (κ3) is 2.47. The maximum Gasteiger partial charge on any atom is 0.416 e. The van der Waals surface area contributed by atoms with Gasteiger partial charge in [0, 0.05) is 19.1 Å². The number of nitrogens with two attached hydrogens (primary N) is 1. The van der Waals surface area contributed by atoms with Gasteiger partial charge in [-0.05, 0) is 24.7 Å². The zero-order chi connectivity index (χ0) is 13.4. The van der Waals surface area contributed by atoms with Crippen LogP contribution in [0.25, 0.3) is 0 Å². The first-order chi connectivity index (χ1) is 9.15. The van der Waals surface area contributed by atoms with Gasteiger partial charge in [-0.2, -0.15) is 0 Å². The molecule has 3 fully saturated rings. The van der Waals surface area contributed by atoms with Gasteiger partial charge in [0.1, 0.15) is 6.61 Å². The highest BCUT2D eigenvalue weighted by Gasteiger charge is 2.40. The number of cyclic esters (lactones) is 1. The summed E-state index contributed by atoms with van der Waals surface area (Å²) in [4.78, 5) is 26.7. The van der Waals surface area contributed by atoms with Crippen LogP contribution in [0.5, 0.6) is 0 Å². The van der Waals surface area contributed by atoms with E-state index in [1.807, 2.05) is 0 Å². The Hall–Kier alpha value is -1.14. The van der Waals surface area contributed by atoms with Crippen LogP contribution < -0.4 is 5.73 Å². The normalized spacial score (nSPS) is 35.3. The van der Waals surface area contributed by atoms with Crippen LogP contribution in [-0.4, -0.2) is 60.6 Å². The molecule has 2 amide bonds. The molecule has 0 radical (unpaired) electrons. The minimum absolute atomic E-state index is 0.144. The van der Waals surface area contributed by atoms with Crippen LogP contribution in [0.1, 0.15) is 19.3 Å². The molecule has 2 aliphatic heterocycles. The molecule has 6 heteroatoms. The van der Waals surface area contributed by atoms with Crippen LogP contribution in [0.3, 0.4) is 0 Å². The van der Waals surface area contributed by atoms with Gasteiger partial charge < -0.3 is 10.5 Å². The molecule has 3 atom stereocenters. The molecule has 106 valence electrons. The second-order valence-electron chi connectivity index (χ2n) is 5.87. The number of carbonyl (C=O) groups excluding carboxylic acids is 2. The van der Waals surface area contributed by atoms with Crippen LogP contribution in [0.15, 0.2) is 0 Å². The molecule has 0 aromatic rings. The van der Waals surface area contributed by atoms with E-state index in [1.165, 1.54) is 17.7 Å². The molecule has 0 bridgehead atoms. The number of fused-ring (bicyclic) bond motifs is 1. The summed E-state index contributed by atoms with van der Waals surface area (Å²) in [6.45, 7) is 2.85. The summed E-state index contributed by atoms with van der Waals surface area (Å²) < 4.78 is 4.79. The zero-order valence-corrected chi connectivity index (χ0v) is 11.1. The molecule has 19 heavy (non-hydrogen) atoms. The van der Waals surface area contributed by atoms with Gasteiger partial charge >= 0.3 is 6.09 Å². The fourth-order valence-electron chi connectivity index (χ4n) is 3.63. The molecule has 0 spiro atoms. The standard InChI is InChI=1S/C13H21N3O3/c14-11-3-1-2-9-6-15(7-10(9)11)8-12(17)16-4-5-19-13(16)18/h9-11H,1-8,14H2. The van der Waals surface area contributed by atoms with Gasteiger partial charge in [-0.15, -0.1) is 0 Å². The maximum atomic E-state index is 12.1. The van der Waals surface area contributed by atoms with Gasteiger partial charge in [0.05, 0.1) is 13.1 Å². The topological polar surface area (TPSA) is 75.9 Å². The SMILES string of the molecule is NC1CCCC2CN(CC(=O)N3CCOC3=O)CC12. The van der Waals surface area contributed by atoms with Crippen LogP contribution in [0.2, 0.25) is 0 Å². The molecule has 0 aromatic carbocycles. The Morgan fingerprint density at radius 1 is 1.37 bits per heavy atom. The monoisotopic (exact) mass is 267 g/mol. The first-order valence-corrected chi connectivity index (χ1v) is 7.10. The summed E-state index contributed by atoms with van der Waals surface area (Å²) in [5, 5.41) is 0. The smallest absolute Gasteiger partial charge is 0.416 e. The van der Waals surface area contributed by atoms with E-state index in [0.29, 0.717) is 31.5 Å². The Balaban J connectivity index is 1.56. The number of imide groups is 1. The molecule has 6 nitrogen and oxygen atoms in total. The fraction of sp³-hybridized carbons (Fsp3) is 0.846. The molecule has 2 saturated heterocycles. The first-order valence-electron chi connectivity index (χ1n) is 7.10. The lowest BCUT2D eigenvalue weighted by Crippen LogP contribution is -2.41. The predicted octanol–water partition coefficient (Wildman–Crippen LogP) is 0.0244. The minimum atomic E-state index is -0.502. The van der Waals surface area contributed by atoms with Crippen molar-refractivity contribution in [2.75, 3.05) is 32.8 Å². The summed E-state index contributed by atoms with van der Waals surface area (Å²) in [6.07, 6.45) is 3.01. The summed E-state index contributed by atoms with van der Waals surface area (Å²) >= 11 is 0. The Bertz CT molecular complexity index is 387. The van der Waals surface area contributed by atoms with Gasteiger partial charge in [0.25, 0.3) is 0 Å². The number of hydrogen-bond donors (Lipinski definition) is 1. The van der Waals surface area contributed by atoms with Crippen molar-refractivity contribution in [3.8, 4) is 0 Å². The van der Waals surface area contributed by atoms with Gasteiger partial charge in [0.2, 0.25) is 5.91 Å². The second-order valence-corrected chi connectivity index (χ2v) is 5.87. The first kappa shape index (κ1) is 12.9. The van der Waals surface area contributed by atoms with Crippen molar-refractivity contribution in [3.05, 3.63) is 0 Å². The largest absolute Gasteiger partial charge is 0.447 e. The van der Waals surface area contributed by atoms with Crippen LogP contribution >= 0.6 is 0 Å². The Morgan fingerprint density at radius 2 is 2.21 bits per heavy atom. The highest BCUT2D eigenvalue weighted by molar-refractivity contribution is 5.94. The predicted molar refractivity (Wildman–Crippen MR) is 68.3 cm³/mol. The van der Waals surface area contributed by atoms with Gasteiger partial charge in [-0.25, -0.2) is 9.69 Å². The number of amides is 2. The van der Waals surface area contributed by atoms with Crippen molar-refractivity contribution >= 4 is 12.0 Å². The van der Waals surface area contributed by atoms with Gasteiger partial charge in [-0.1, -0.05) is 6.42 Å². The third-order valence-electron chi connectivity index (χ3n) is 4.65. The van der Waals surface area contributed by atoms with E-state index in [4.69, 9.17) is 10.5 Å². The van der Waals surface area contributed by atoms with Crippen molar-refractivity contribution in [3.63, 3.8) is 0 Å². The second kappa shape index (κ2) is 5.09. The molecular formula is C13H21N3O3. The molecule has 2 N–H and O–H groups in total. The summed E-state index contributed by atoms with van der Waals surface area (Å²) in [5.74, 6) is 1.00. The van der Waals surface area contributed by atoms with Crippen molar-refractivity contribution < 1.29 is 14.3 Å². The van der Waals surface area contributed by atoms with E-state index >= 15 is 0 Å². The number of hydrogen-bond acceptors (Lipinski definition) is 5. The maximum absolute atomic E-state index is 12.1. The molecule has 2 heterocycles. The zero-order valence-electron chi connectivity index (χ0n) is 11.1. The number of rotatable bonds is 2. The number of ether oxygens (including phenoxy) is 1. The van der Waals surface area contributed by atoms with Gasteiger partial charge in [0.15, 0.2) is 0 Å². The molecule has 3 rings (SSSR count). The molecular weight excluding hydrogens is 246 g/mol. The highest BCUT2D eigenvalue weighted by atomic mass is 16.6. The highest BCUT2D eigenvalue weighted by Crippen LogP contribution is 2.35. The van der Waals surface area contributed by atoms with Gasteiger partial charge in [-0.3, -0.25) is 9.69 Å². The Labute approximate surface area is 112 Å². The lowest BCUT2D eigenvalue weighted by molar-refractivity contribution is -0.128. The molecule has 3 aliphatic rings. The lowest BCUT2D eigenvalue weighted by Gasteiger charge is -2.29.